The molecule has 0 bridgehead atoms. The van der Waals surface area contributed by atoms with Crippen LogP contribution in [-0.2, 0) is 5.41 Å². The van der Waals surface area contributed by atoms with Crippen molar-refractivity contribution in [1.82, 2.24) is 0 Å². The molecule has 9 aromatic carbocycles. The maximum Gasteiger partial charge on any atom is 0.0732 e. The molecule has 0 fully saturated rings. The van der Waals surface area contributed by atoms with Crippen LogP contribution in [0.3, 0.4) is 0 Å². The summed E-state index contributed by atoms with van der Waals surface area (Å²) in [6.45, 7) is 0. The minimum Gasteiger partial charge on any atom is -0.309 e. The van der Waals surface area contributed by atoms with Gasteiger partial charge in [0.15, 0.2) is 0 Å². The van der Waals surface area contributed by atoms with Crippen LogP contribution >= 0.6 is 0 Å². The Morgan fingerprint density at radius 2 is 0.865 bits per heavy atom. The lowest BCUT2D eigenvalue weighted by molar-refractivity contribution is 0.801. The fourth-order valence-electron chi connectivity index (χ4n) is 9.45. The van der Waals surface area contributed by atoms with Crippen LogP contribution in [0.15, 0.2) is 200 Å². The largest absolute Gasteiger partial charge is 0.309 e. The lowest BCUT2D eigenvalue weighted by atomic mass is 9.69. The van der Waals surface area contributed by atoms with Crippen molar-refractivity contribution in [1.29, 1.82) is 0 Å². The minimum absolute atomic E-state index is 0.492. The van der Waals surface area contributed by atoms with Crippen LogP contribution in [0.1, 0.15) is 22.3 Å². The molecule has 0 aromatic heterocycles. The van der Waals surface area contributed by atoms with Gasteiger partial charge in [-0.15, -0.1) is 0 Å². The Morgan fingerprint density at radius 3 is 1.56 bits per heavy atom. The second-order valence-electron chi connectivity index (χ2n) is 14.0. The summed E-state index contributed by atoms with van der Waals surface area (Å²) in [4.78, 5) is 2.53. The van der Waals surface area contributed by atoms with Crippen LogP contribution in [0.5, 0.6) is 0 Å². The van der Waals surface area contributed by atoms with Gasteiger partial charge in [0, 0.05) is 22.5 Å². The predicted molar refractivity (Wildman–Crippen MR) is 218 cm³/mol. The summed E-state index contributed by atoms with van der Waals surface area (Å²) in [6, 6.07) is 74.1. The molecule has 52 heavy (non-hydrogen) atoms. The number of fused-ring (bicyclic) bond motifs is 13. The predicted octanol–water partition coefficient (Wildman–Crippen LogP) is 13.5. The first-order chi connectivity index (χ1) is 25.8. The summed E-state index contributed by atoms with van der Waals surface area (Å²) >= 11 is 0. The van der Waals surface area contributed by atoms with E-state index in [-0.39, 0.29) is 0 Å². The van der Waals surface area contributed by atoms with E-state index in [1.807, 2.05) is 0 Å². The van der Waals surface area contributed by atoms with Gasteiger partial charge in [-0.3, -0.25) is 0 Å². The molecule has 0 aliphatic heterocycles. The van der Waals surface area contributed by atoms with Gasteiger partial charge >= 0.3 is 0 Å². The van der Waals surface area contributed by atoms with Gasteiger partial charge in [0.1, 0.15) is 0 Å². The van der Waals surface area contributed by atoms with Crippen molar-refractivity contribution >= 4 is 38.6 Å². The van der Waals surface area contributed by atoms with E-state index in [1.54, 1.807) is 0 Å². The SMILES string of the molecule is c1ccc(-c2c(N(c3ccccc3)c3ccc4ccccc4c3)c3c(c4ccccc24)C2(c4ccccc4-c4ccccc42)c2ccccc2-3)cc1. The third-order valence-corrected chi connectivity index (χ3v) is 11.4. The summed E-state index contributed by atoms with van der Waals surface area (Å²) < 4.78 is 0. The molecule has 9 aromatic rings. The Balaban J connectivity index is 1.39. The van der Waals surface area contributed by atoms with Gasteiger partial charge < -0.3 is 4.90 Å². The number of hydrogen-bond acceptors (Lipinski definition) is 1. The standard InChI is InChI=1S/C51H33N/c1-3-18-35(19-4-1)47-41-25-9-10-26-42(41)49-48(50(47)52(37-21-5-2-6-22-37)38-32-31-34-17-7-8-20-36(34)33-38)43-27-13-16-30-46(43)51(49)44-28-14-11-23-39(44)40-24-12-15-29-45(40)51/h1-33H. The van der Waals surface area contributed by atoms with E-state index in [0.29, 0.717) is 0 Å². The molecule has 2 aliphatic rings. The monoisotopic (exact) mass is 659 g/mol. The topological polar surface area (TPSA) is 3.24 Å². The average molecular weight is 660 g/mol. The number of benzene rings is 9. The molecule has 0 saturated carbocycles. The summed E-state index contributed by atoms with van der Waals surface area (Å²) in [5.41, 5.74) is 16.0. The van der Waals surface area contributed by atoms with Crippen LogP contribution in [0.2, 0.25) is 0 Å². The zero-order valence-electron chi connectivity index (χ0n) is 28.5. The van der Waals surface area contributed by atoms with Gasteiger partial charge in [0.05, 0.1) is 11.1 Å². The van der Waals surface area contributed by atoms with Gasteiger partial charge in [-0.05, 0) is 90.3 Å². The lowest BCUT2D eigenvalue weighted by Crippen LogP contribution is -2.26. The number of hydrogen-bond donors (Lipinski definition) is 0. The number of rotatable bonds is 4. The van der Waals surface area contributed by atoms with E-state index in [0.717, 1.165) is 11.4 Å². The van der Waals surface area contributed by atoms with Crippen molar-refractivity contribution < 1.29 is 0 Å². The third kappa shape index (κ3) is 3.88. The fraction of sp³-hybridized carbons (Fsp3) is 0.0196. The maximum atomic E-state index is 2.53. The Morgan fingerprint density at radius 1 is 0.346 bits per heavy atom. The van der Waals surface area contributed by atoms with Gasteiger partial charge in [0.2, 0.25) is 0 Å². The van der Waals surface area contributed by atoms with Gasteiger partial charge in [-0.2, -0.15) is 0 Å². The molecule has 0 N–H and O–H groups in total. The smallest absolute Gasteiger partial charge is 0.0732 e. The highest BCUT2D eigenvalue weighted by molar-refractivity contribution is 6.17. The van der Waals surface area contributed by atoms with E-state index in [9.17, 15) is 0 Å². The molecular weight excluding hydrogens is 627 g/mol. The fourth-order valence-corrected chi connectivity index (χ4v) is 9.45. The number of para-hydroxylation sites is 1. The zero-order valence-corrected chi connectivity index (χ0v) is 28.5. The van der Waals surface area contributed by atoms with Crippen molar-refractivity contribution in [3.05, 3.63) is 222 Å². The molecule has 0 radical (unpaired) electrons. The molecule has 1 spiro atoms. The van der Waals surface area contributed by atoms with Crippen molar-refractivity contribution in [3.63, 3.8) is 0 Å². The Kier molecular flexibility index (Phi) is 6.23. The van der Waals surface area contributed by atoms with Gasteiger partial charge in [-0.1, -0.05) is 176 Å². The maximum absolute atomic E-state index is 2.53. The molecule has 0 atom stereocenters. The number of nitrogens with zero attached hydrogens (tertiary/aromatic N) is 1. The molecule has 0 amide bonds. The Hall–Kier alpha value is -6.70. The van der Waals surface area contributed by atoms with Crippen LogP contribution in [0.25, 0.3) is 54.9 Å². The highest BCUT2D eigenvalue weighted by Gasteiger charge is 2.53. The van der Waals surface area contributed by atoms with E-state index in [4.69, 9.17) is 0 Å². The number of anilines is 3. The van der Waals surface area contributed by atoms with E-state index >= 15 is 0 Å². The Bertz CT molecular complexity index is 2800. The highest BCUT2D eigenvalue weighted by atomic mass is 15.1. The van der Waals surface area contributed by atoms with E-state index in [2.05, 4.69) is 205 Å². The lowest BCUT2D eigenvalue weighted by Gasteiger charge is -2.35. The molecule has 1 heteroatoms. The molecule has 0 unspecified atom stereocenters. The molecular formula is C51H33N. The minimum atomic E-state index is -0.492. The quantitative estimate of drug-likeness (QED) is 0.182. The van der Waals surface area contributed by atoms with Crippen LogP contribution in [0.4, 0.5) is 17.1 Å². The Labute approximate surface area is 303 Å². The zero-order chi connectivity index (χ0) is 34.2. The van der Waals surface area contributed by atoms with Crippen molar-refractivity contribution in [2.24, 2.45) is 0 Å². The first-order valence-corrected chi connectivity index (χ1v) is 18.1. The van der Waals surface area contributed by atoms with Crippen LogP contribution in [0, 0.1) is 0 Å². The average Bonchev–Trinajstić information content (AvgIpc) is 3.69. The molecule has 2 aliphatic carbocycles. The summed E-state index contributed by atoms with van der Waals surface area (Å²) in [5.74, 6) is 0. The third-order valence-electron chi connectivity index (χ3n) is 11.4. The summed E-state index contributed by atoms with van der Waals surface area (Å²) in [7, 11) is 0. The highest BCUT2D eigenvalue weighted by Crippen LogP contribution is 2.67. The first-order valence-electron chi connectivity index (χ1n) is 18.1. The van der Waals surface area contributed by atoms with Gasteiger partial charge in [0.25, 0.3) is 0 Å². The van der Waals surface area contributed by atoms with Crippen LogP contribution in [-0.4, -0.2) is 0 Å². The van der Waals surface area contributed by atoms with Crippen molar-refractivity contribution in [2.75, 3.05) is 4.90 Å². The van der Waals surface area contributed by atoms with E-state index < -0.39 is 5.41 Å². The molecule has 242 valence electrons. The molecule has 0 saturated heterocycles. The molecule has 1 nitrogen and oxygen atoms in total. The van der Waals surface area contributed by atoms with Crippen molar-refractivity contribution in [2.45, 2.75) is 5.41 Å². The molecule has 11 rings (SSSR count). The van der Waals surface area contributed by atoms with Crippen LogP contribution < -0.4 is 4.90 Å². The molecule has 0 heterocycles. The van der Waals surface area contributed by atoms with Crippen molar-refractivity contribution in [3.8, 4) is 33.4 Å². The second kappa shape index (κ2) is 11.2. The second-order valence-corrected chi connectivity index (χ2v) is 14.0. The summed E-state index contributed by atoms with van der Waals surface area (Å²) in [6.07, 6.45) is 0. The first kappa shape index (κ1) is 29.1. The summed E-state index contributed by atoms with van der Waals surface area (Å²) in [5, 5.41) is 4.98. The van der Waals surface area contributed by atoms with Gasteiger partial charge in [-0.25, -0.2) is 0 Å². The van der Waals surface area contributed by atoms with E-state index in [1.165, 1.54) is 82.9 Å². The normalized spacial score (nSPS) is 13.2.